The lowest BCUT2D eigenvalue weighted by Gasteiger charge is -2.24. The second-order valence-electron chi connectivity index (χ2n) is 7.61. The molecule has 0 atom stereocenters. The second kappa shape index (κ2) is 5.61. The van der Waals surface area contributed by atoms with E-state index in [4.69, 9.17) is 0 Å². The molecule has 4 nitrogen and oxygen atoms in total. The van der Waals surface area contributed by atoms with Crippen molar-refractivity contribution in [1.82, 2.24) is 5.32 Å². The summed E-state index contributed by atoms with van der Waals surface area (Å²) in [5, 5.41) is 13.6. The average Bonchev–Trinajstić information content (AvgIpc) is 2.23. The average molecular weight is 313 g/mol. The Morgan fingerprint density at radius 2 is 1.62 bits per heavy atom. The second-order valence-corrected chi connectivity index (χ2v) is 9.59. The third-order valence-corrected chi connectivity index (χ3v) is 4.34. The van der Waals surface area contributed by atoms with E-state index in [-0.39, 0.29) is 21.6 Å². The lowest BCUT2D eigenvalue weighted by Crippen LogP contribution is -2.35. The maximum atomic E-state index is 11.9. The van der Waals surface area contributed by atoms with Gasteiger partial charge in [-0.2, -0.15) is 0 Å². The topological polar surface area (TPSA) is 66.4 Å². The van der Waals surface area contributed by atoms with E-state index in [1.54, 1.807) is 6.07 Å². The Bertz CT molecular complexity index is 620. The zero-order valence-electron chi connectivity index (χ0n) is 14.0. The molecule has 21 heavy (non-hydrogen) atoms. The number of rotatable bonds is 3. The Labute approximate surface area is 128 Å². The molecule has 0 spiro atoms. The van der Waals surface area contributed by atoms with Crippen LogP contribution in [-0.4, -0.2) is 25.3 Å². The summed E-state index contributed by atoms with van der Waals surface area (Å²) >= 11 is 0. The highest BCUT2D eigenvalue weighted by molar-refractivity contribution is 7.90. The molecule has 0 aromatic heterocycles. The predicted molar refractivity (Wildman–Crippen MR) is 86.5 cm³/mol. The van der Waals surface area contributed by atoms with Crippen LogP contribution < -0.4 is 5.32 Å². The van der Waals surface area contributed by atoms with Gasteiger partial charge in [-0.3, -0.25) is 0 Å². The molecule has 120 valence electrons. The molecule has 0 aliphatic carbocycles. The standard InChI is InChI=1S/C16H27NO3S/c1-15(2,3)12-8-11(10-17-16(4,5)6)14(18)13(9-12)21(7,19)20/h8-9,17-18H,10H2,1-7H3. The Morgan fingerprint density at radius 3 is 2.00 bits per heavy atom. The molecule has 0 radical (unpaired) electrons. The minimum Gasteiger partial charge on any atom is -0.506 e. The van der Waals surface area contributed by atoms with E-state index in [2.05, 4.69) is 5.32 Å². The summed E-state index contributed by atoms with van der Waals surface area (Å²) in [7, 11) is -3.47. The van der Waals surface area contributed by atoms with E-state index >= 15 is 0 Å². The molecular weight excluding hydrogens is 286 g/mol. The SMILES string of the molecule is CC(C)(C)NCc1cc(C(C)(C)C)cc(S(C)(=O)=O)c1O. The first-order chi connectivity index (χ1) is 9.22. The van der Waals surface area contributed by atoms with E-state index in [1.807, 2.05) is 47.6 Å². The van der Waals surface area contributed by atoms with Crippen molar-refractivity contribution in [2.24, 2.45) is 0 Å². The molecule has 1 aromatic carbocycles. The Morgan fingerprint density at radius 1 is 1.10 bits per heavy atom. The Kier molecular flexibility index (Phi) is 4.81. The van der Waals surface area contributed by atoms with Crippen molar-refractivity contribution in [3.63, 3.8) is 0 Å². The van der Waals surface area contributed by atoms with E-state index in [0.717, 1.165) is 11.8 Å². The molecule has 1 aromatic rings. The zero-order chi connectivity index (χ0) is 16.6. The van der Waals surface area contributed by atoms with Crippen molar-refractivity contribution in [1.29, 1.82) is 0 Å². The number of hydrogen-bond donors (Lipinski definition) is 2. The van der Waals surface area contributed by atoms with Gasteiger partial charge >= 0.3 is 0 Å². The normalized spacial score (nSPS) is 13.5. The first-order valence-electron chi connectivity index (χ1n) is 7.03. The predicted octanol–water partition coefficient (Wildman–Crippen LogP) is 2.98. The summed E-state index contributed by atoms with van der Waals surface area (Å²) in [5.41, 5.74) is 1.20. The molecule has 0 heterocycles. The number of hydrogen-bond acceptors (Lipinski definition) is 4. The minimum atomic E-state index is -3.47. The summed E-state index contributed by atoms with van der Waals surface area (Å²) in [6.45, 7) is 12.5. The molecule has 0 aliphatic heterocycles. The van der Waals surface area contributed by atoms with Gasteiger partial charge in [-0.1, -0.05) is 26.8 Å². The summed E-state index contributed by atoms with van der Waals surface area (Å²) in [6, 6.07) is 3.45. The summed E-state index contributed by atoms with van der Waals surface area (Å²) in [6.07, 6.45) is 1.12. The fourth-order valence-corrected chi connectivity index (χ4v) is 2.70. The number of sulfone groups is 1. The minimum absolute atomic E-state index is 0.000587. The van der Waals surface area contributed by atoms with Gasteiger partial charge in [0, 0.05) is 23.9 Å². The Balaban J connectivity index is 3.43. The maximum absolute atomic E-state index is 11.9. The first kappa shape index (κ1) is 18.0. The molecule has 2 N–H and O–H groups in total. The van der Waals surface area contributed by atoms with Crippen molar-refractivity contribution in [3.05, 3.63) is 23.3 Å². The molecular formula is C16H27NO3S. The maximum Gasteiger partial charge on any atom is 0.179 e. The summed E-state index contributed by atoms with van der Waals surface area (Å²) in [5.74, 6) is -0.151. The van der Waals surface area contributed by atoms with E-state index in [0.29, 0.717) is 12.1 Å². The number of nitrogens with one attached hydrogen (secondary N) is 1. The van der Waals surface area contributed by atoms with Gasteiger partial charge in [0.05, 0.1) is 0 Å². The molecule has 0 unspecified atom stereocenters. The van der Waals surface area contributed by atoms with E-state index in [1.165, 1.54) is 0 Å². The molecule has 0 aliphatic rings. The number of aromatic hydroxyl groups is 1. The fraction of sp³-hybridized carbons (Fsp3) is 0.625. The van der Waals surface area contributed by atoms with Gasteiger partial charge in [0.2, 0.25) is 0 Å². The summed E-state index contributed by atoms with van der Waals surface area (Å²) in [4.78, 5) is 0.000587. The van der Waals surface area contributed by atoms with Crippen LogP contribution in [0.2, 0.25) is 0 Å². The van der Waals surface area contributed by atoms with E-state index < -0.39 is 9.84 Å². The van der Waals surface area contributed by atoms with Crippen LogP contribution >= 0.6 is 0 Å². The van der Waals surface area contributed by atoms with Crippen LogP contribution in [0.4, 0.5) is 0 Å². The third-order valence-electron chi connectivity index (χ3n) is 3.23. The lowest BCUT2D eigenvalue weighted by molar-refractivity contribution is 0.406. The monoisotopic (exact) mass is 313 g/mol. The molecule has 0 saturated carbocycles. The molecule has 0 fully saturated rings. The summed E-state index contributed by atoms with van der Waals surface area (Å²) < 4.78 is 23.8. The largest absolute Gasteiger partial charge is 0.506 e. The quantitative estimate of drug-likeness (QED) is 0.900. The molecule has 1 rings (SSSR count). The van der Waals surface area contributed by atoms with Crippen LogP contribution in [0.25, 0.3) is 0 Å². The smallest absolute Gasteiger partial charge is 0.179 e. The van der Waals surface area contributed by atoms with Crippen LogP contribution in [0, 0.1) is 0 Å². The van der Waals surface area contributed by atoms with Crippen molar-refractivity contribution >= 4 is 9.84 Å². The van der Waals surface area contributed by atoms with Crippen molar-refractivity contribution < 1.29 is 13.5 Å². The van der Waals surface area contributed by atoms with Crippen LogP contribution in [0.15, 0.2) is 17.0 Å². The van der Waals surface area contributed by atoms with Crippen LogP contribution in [0.3, 0.4) is 0 Å². The van der Waals surface area contributed by atoms with Crippen molar-refractivity contribution in [2.45, 2.75) is 63.9 Å². The van der Waals surface area contributed by atoms with E-state index in [9.17, 15) is 13.5 Å². The van der Waals surface area contributed by atoms with Gasteiger partial charge in [0.15, 0.2) is 9.84 Å². The van der Waals surface area contributed by atoms with Gasteiger partial charge in [-0.15, -0.1) is 0 Å². The molecule has 0 amide bonds. The highest BCUT2D eigenvalue weighted by Gasteiger charge is 2.23. The lowest BCUT2D eigenvalue weighted by atomic mass is 9.86. The number of benzene rings is 1. The van der Waals surface area contributed by atoms with Crippen molar-refractivity contribution in [3.8, 4) is 5.75 Å². The molecule has 0 bridgehead atoms. The molecule has 0 saturated heterocycles. The van der Waals surface area contributed by atoms with Gasteiger partial charge in [-0.25, -0.2) is 8.42 Å². The zero-order valence-corrected chi connectivity index (χ0v) is 14.9. The van der Waals surface area contributed by atoms with Crippen molar-refractivity contribution in [2.75, 3.05) is 6.26 Å². The van der Waals surface area contributed by atoms with Gasteiger partial charge in [0.1, 0.15) is 10.6 Å². The fourth-order valence-electron chi connectivity index (χ4n) is 1.88. The number of phenols is 1. The highest BCUT2D eigenvalue weighted by Crippen LogP contribution is 2.33. The first-order valence-corrected chi connectivity index (χ1v) is 8.92. The van der Waals surface area contributed by atoms with Gasteiger partial charge in [-0.05, 0) is 37.8 Å². The van der Waals surface area contributed by atoms with Crippen LogP contribution in [0.1, 0.15) is 52.7 Å². The van der Waals surface area contributed by atoms with Gasteiger partial charge < -0.3 is 10.4 Å². The Hall–Kier alpha value is -1.07. The van der Waals surface area contributed by atoms with Crippen LogP contribution in [-0.2, 0) is 21.8 Å². The third kappa shape index (κ3) is 5.00. The number of phenolic OH excluding ortho intramolecular Hbond substituents is 1. The molecule has 5 heteroatoms. The highest BCUT2D eigenvalue weighted by atomic mass is 32.2. The van der Waals surface area contributed by atoms with Gasteiger partial charge in [0.25, 0.3) is 0 Å². The van der Waals surface area contributed by atoms with Crippen LogP contribution in [0.5, 0.6) is 5.75 Å².